The molecule has 0 bridgehead atoms. The Labute approximate surface area is 216 Å². The van der Waals surface area contributed by atoms with Crippen LogP contribution in [0.15, 0.2) is 51.7 Å². The number of fused-ring (bicyclic) bond motifs is 2. The van der Waals surface area contributed by atoms with Gasteiger partial charge in [0.25, 0.3) is 5.91 Å². The van der Waals surface area contributed by atoms with Crippen LogP contribution >= 0.6 is 35.3 Å². The summed E-state index contributed by atoms with van der Waals surface area (Å²) in [5.41, 5.74) is 0.656. The van der Waals surface area contributed by atoms with E-state index in [1.165, 1.54) is 0 Å². The van der Waals surface area contributed by atoms with Crippen LogP contribution in [0, 0.1) is 0 Å². The zero-order chi connectivity index (χ0) is 23.7. The maximum Gasteiger partial charge on any atom is 0.349 e. The van der Waals surface area contributed by atoms with Gasteiger partial charge in [-0.05, 0) is 24.3 Å². The number of nitrogens with one attached hydrogen (secondary N) is 1. The van der Waals surface area contributed by atoms with E-state index in [4.69, 9.17) is 25.7 Å². The Hall–Kier alpha value is -2.85. The van der Waals surface area contributed by atoms with Gasteiger partial charge < -0.3 is 19.4 Å². The molecule has 1 N–H and O–H groups in total. The van der Waals surface area contributed by atoms with Gasteiger partial charge in [-0.2, -0.15) is 0 Å². The number of nitrogens with zero attached hydrogens (tertiary/aromatic N) is 3. The quantitative estimate of drug-likeness (QED) is 0.373. The van der Waals surface area contributed by atoms with E-state index in [1.54, 1.807) is 36.6 Å². The van der Waals surface area contributed by atoms with Gasteiger partial charge in [-0.15, -0.1) is 12.4 Å². The maximum atomic E-state index is 12.5. The number of rotatable bonds is 6. The van der Waals surface area contributed by atoms with Gasteiger partial charge in [0.05, 0.1) is 16.8 Å². The predicted octanol–water partition coefficient (Wildman–Crippen LogP) is 4.04. The monoisotopic (exact) mass is 534 g/mol. The van der Waals surface area contributed by atoms with Gasteiger partial charge in [0.15, 0.2) is 10.9 Å². The minimum Gasteiger partial charge on any atom is -0.493 e. The number of piperazine rings is 1. The van der Waals surface area contributed by atoms with E-state index >= 15 is 0 Å². The molecule has 2 aromatic heterocycles. The summed E-state index contributed by atoms with van der Waals surface area (Å²) in [7, 11) is 1.60. The first kappa shape index (κ1) is 25.2. The molecule has 1 aliphatic heterocycles. The van der Waals surface area contributed by atoms with Crippen molar-refractivity contribution in [2.24, 2.45) is 0 Å². The number of halogens is 2. The van der Waals surface area contributed by atoms with Gasteiger partial charge in [0.1, 0.15) is 16.7 Å². The molecule has 4 aromatic rings. The molecule has 0 atom stereocenters. The Balaban J connectivity index is 0.00000289. The Morgan fingerprint density at radius 3 is 2.74 bits per heavy atom. The second-order valence-corrected chi connectivity index (χ2v) is 9.41. The average Bonchev–Trinajstić information content (AvgIpc) is 3.28. The number of hydrogen-bond donors (Lipinski definition) is 1. The van der Waals surface area contributed by atoms with Crippen LogP contribution in [-0.2, 0) is 0 Å². The summed E-state index contributed by atoms with van der Waals surface area (Å²) in [5, 5.41) is 5.07. The highest BCUT2D eigenvalue weighted by Gasteiger charge is 2.22. The molecule has 184 valence electrons. The van der Waals surface area contributed by atoms with E-state index in [0.29, 0.717) is 29.4 Å². The average molecular weight is 535 g/mol. The van der Waals surface area contributed by atoms with Crippen LogP contribution in [0.2, 0.25) is 5.02 Å². The van der Waals surface area contributed by atoms with Gasteiger partial charge in [0.2, 0.25) is 0 Å². The largest absolute Gasteiger partial charge is 0.493 e. The van der Waals surface area contributed by atoms with Gasteiger partial charge in [-0.1, -0.05) is 41.1 Å². The molecule has 5 rings (SSSR count). The summed E-state index contributed by atoms with van der Waals surface area (Å²) < 4.78 is 11.7. The first-order chi connectivity index (χ1) is 16.5. The molecule has 11 heteroatoms. The standard InChI is InChI=1S/C24H23ClN4O4S.ClH/c1-32-21-17(25)6-7-19-20(21)27-24(34-19)29-12-10-28(11-13-29)9-8-26-22(30)16-14-15-4-2-3-5-18(15)33-23(16)31;/h2-7,14H,8-13H2,1H3,(H,26,30);1H. The number of amides is 1. The maximum absolute atomic E-state index is 12.5. The Morgan fingerprint density at radius 2 is 1.97 bits per heavy atom. The van der Waals surface area contributed by atoms with Crippen molar-refractivity contribution >= 4 is 67.6 Å². The van der Waals surface area contributed by atoms with Crippen molar-refractivity contribution < 1.29 is 13.9 Å². The van der Waals surface area contributed by atoms with Crippen LogP contribution in [-0.4, -0.2) is 62.2 Å². The number of aromatic nitrogens is 1. The normalized spacial score (nSPS) is 14.2. The van der Waals surface area contributed by atoms with Gasteiger partial charge >= 0.3 is 5.63 Å². The van der Waals surface area contributed by atoms with E-state index < -0.39 is 11.5 Å². The van der Waals surface area contributed by atoms with E-state index in [0.717, 1.165) is 46.9 Å². The van der Waals surface area contributed by atoms with E-state index in [1.807, 2.05) is 24.3 Å². The Morgan fingerprint density at radius 1 is 1.20 bits per heavy atom. The van der Waals surface area contributed by atoms with Crippen molar-refractivity contribution in [3.05, 3.63) is 63.5 Å². The number of carbonyl (C=O) groups excluding carboxylic acids is 1. The van der Waals surface area contributed by atoms with Crippen molar-refractivity contribution in [1.29, 1.82) is 0 Å². The minimum atomic E-state index is -0.626. The zero-order valence-electron chi connectivity index (χ0n) is 19.0. The number of carbonyl (C=O) groups is 1. The number of ether oxygens (including phenoxy) is 1. The van der Waals surface area contributed by atoms with Crippen LogP contribution in [0.25, 0.3) is 21.2 Å². The van der Waals surface area contributed by atoms with Crippen molar-refractivity contribution in [2.75, 3.05) is 51.3 Å². The highest BCUT2D eigenvalue weighted by Crippen LogP contribution is 2.38. The fraction of sp³-hybridized carbons (Fsp3) is 0.292. The zero-order valence-corrected chi connectivity index (χ0v) is 21.3. The van der Waals surface area contributed by atoms with Crippen molar-refractivity contribution in [2.45, 2.75) is 0 Å². The predicted molar refractivity (Wildman–Crippen MR) is 142 cm³/mol. The SMILES string of the molecule is COc1c(Cl)ccc2sc(N3CCN(CCNC(=O)c4cc5ccccc5oc4=O)CC3)nc12.Cl. The molecule has 2 aromatic carbocycles. The Kier molecular flexibility index (Phi) is 7.81. The van der Waals surface area contributed by atoms with Crippen molar-refractivity contribution in [3.8, 4) is 5.75 Å². The number of thiazole rings is 1. The fourth-order valence-electron chi connectivity index (χ4n) is 4.07. The molecule has 3 heterocycles. The smallest absolute Gasteiger partial charge is 0.349 e. The lowest BCUT2D eigenvalue weighted by Crippen LogP contribution is -2.48. The molecule has 0 aliphatic carbocycles. The minimum absolute atomic E-state index is 0. The number of anilines is 1. The molecule has 0 unspecified atom stereocenters. The molecule has 1 saturated heterocycles. The molecule has 1 amide bonds. The highest BCUT2D eigenvalue weighted by atomic mass is 35.5. The first-order valence-corrected chi connectivity index (χ1v) is 12.1. The van der Waals surface area contributed by atoms with E-state index in [2.05, 4.69) is 15.1 Å². The van der Waals surface area contributed by atoms with Crippen LogP contribution in [0.3, 0.4) is 0 Å². The summed E-state index contributed by atoms with van der Waals surface area (Å²) >= 11 is 7.86. The third-order valence-electron chi connectivity index (χ3n) is 5.90. The second-order valence-electron chi connectivity index (χ2n) is 7.99. The van der Waals surface area contributed by atoms with Gasteiger partial charge in [-0.3, -0.25) is 9.69 Å². The molecule has 0 saturated carbocycles. The van der Waals surface area contributed by atoms with Gasteiger partial charge in [-0.25, -0.2) is 9.78 Å². The van der Waals surface area contributed by atoms with E-state index in [-0.39, 0.29) is 18.0 Å². The summed E-state index contributed by atoms with van der Waals surface area (Å²) in [5.74, 6) is 0.191. The molecule has 1 aliphatic rings. The topological polar surface area (TPSA) is 87.9 Å². The highest BCUT2D eigenvalue weighted by molar-refractivity contribution is 7.22. The van der Waals surface area contributed by atoms with Crippen LogP contribution in [0.5, 0.6) is 5.75 Å². The molecule has 1 fully saturated rings. The Bertz CT molecular complexity index is 1420. The lowest BCUT2D eigenvalue weighted by Gasteiger charge is -2.34. The lowest BCUT2D eigenvalue weighted by molar-refractivity contribution is 0.0944. The third kappa shape index (κ3) is 5.23. The molecule has 8 nitrogen and oxygen atoms in total. The summed E-state index contributed by atoms with van der Waals surface area (Å²) in [6, 6.07) is 12.5. The third-order valence-corrected chi connectivity index (χ3v) is 7.28. The summed E-state index contributed by atoms with van der Waals surface area (Å²) in [6.45, 7) is 4.50. The molecule has 0 spiro atoms. The summed E-state index contributed by atoms with van der Waals surface area (Å²) in [6.07, 6.45) is 0. The second kappa shape index (κ2) is 10.8. The first-order valence-electron chi connectivity index (χ1n) is 10.9. The number of benzene rings is 2. The lowest BCUT2D eigenvalue weighted by atomic mass is 10.2. The molecule has 0 radical (unpaired) electrons. The summed E-state index contributed by atoms with van der Waals surface area (Å²) in [4.78, 5) is 34.0. The molecular formula is C24H24Cl2N4O4S. The fourth-order valence-corrected chi connectivity index (χ4v) is 5.31. The number of hydrogen-bond acceptors (Lipinski definition) is 8. The van der Waals surface area contributed by atoms with Crippen LogP contribution in [0.1, 0.15) is 10.4 Å². The van der Waals surface area contributed by atoms with E-state index in [9.17, 15) is 9.59 Å². The molecular weight excluding hydrogens is 511 g/mol. The van der Waals surface area contributed by atoms with Crippen LogP contribution < -0.4 is 20.6 Å². The van der Waals surface area contributed by atoms with Crippen molar-refractivity contribution in [1.82, 2.24) is 15.2 Å². The number of para-hydroxylation sites is 1. The van der Waals surface area contributed by atoms with Gasteiger partial charge in [0, 0.05) is 44.7 Å². The van der Waals surface area contributed by atoms with Crippen LogP contribution in [0.4, 0.5) is 5.13 Å². The molecule has 35 heavy (non-hydrogen) atoms. The number of methoxy groups -OCH3 is 1. The van der Waals surface area contributed by atoms with Crippen molar-refractivity contribution in [3.63, 3.8) is 0 Å².